The van der Waals surface area contributed by atoms with Gasteiger partial charge in [-0.25, -0.2) is 0 Å². The topological polar surface area (TPSA) is 161 Å². The predicted octanol–water partition coefficient (Wildman–Crippen LogP) is 6.72. The highest BCUT2D eigenvalue weighted by atomic mass is 16.7. The van der Waals surface area contributed by atoms with Crippen molar-refractivity contribution in [1.29, 1.82) is 0 Å². The summed E-state index contributed by atoms with van der Waals surface area (Å²) in [5.74, 6) is -1.96. The molecule has 6 aliphatic rings. The summed E-state index contributed by atoms with van der Waals surface area (Å²) in [5, 5.41) is 3.01. The van der Waals surface area contributed by atoms with Crippen molar-refractivity contribution < 1.29 is 52.5 Å². The van der Waals surface area contributed by atoms with Gasteiger partial charge in [-0.05, 0) is 80.0 Å². The molecule has 57 heavy (non-hydrogen) atoms. The lowest BCUT2D eigenvalue weighted by Gasteiger charge is -2.70. The van der Waals surface area contributed by atoms with Crippen LogP contribution in [-0.4, -0.2) is 72.6 Å². The molecule has 12 atom stereocenters. The van der Waals surface area contributed by atoms with Crippen LogP contribution in [0.3, 0.4) is 0 Å². The van der Waals surface area contributed by atoms with E-state index >= 15 is 9.59 Å². The number of Topliss-reactive ketones (excluding diaryl/α,β-unsaturated/α-hetero) is 2. The molecule has 0 radical (unpaired) electrons. The first kappa shape index (κ1) is 43.0. The van der Waals surface area contributed by atoms with Gasteiger partial charge in [0.05, 0.1) is 5.76 Å². The van der Waals surface area contributed by atoms with Crippen LogP contribution < -0.4 is 5.32 Å². The number of carbonyl (C=O) groups is 6. The molecular weight excluding hydrogens is 730 g/mol. The molecule has 0 bridgehead atoms. The molecule has 0 aromatic heterocycles. The molecule has 1 aliphatic heterocycles. The van der Waals surface area contributed by atoms with Crippen molar-refractivity contribution in [3.8, 4) is 0 Å². The van der Waals surface area contributed by atoms with Crippen molar-refractivity contribution in [2.45, 2.75) is 165 Å². The molecule has 12 nitrogen and oxygen atoms in total. The van der Waals surface area contributed by atoms with Gasteiger partial charge in [0.1, 0.15) is 29.7 Å². The van der Waals surface area contributed by atoms with Crippen LogP contribution in [0.15, 0.2) is 24.0 Å². The maximum Gasteiger partial charge on any atom is 0.303 e. The van der Waals surface area contributed by atoms with E-state index in [0.717, 1.165) is 25.7 Å². The fraction of sp³-hybridized carbons (Fsp3) is 0.778. The normalized spacial score (nSPS) is 41.7. The van der Waals surface area contributed by atoms with Gasteiger partial charge in [-0.2, -0.15) is 0 Å². The number of ether oxygens (including phenoxy) is 5. The van der Waals surface area contributed by atoms with Crippen molar-refractivity contribution >= 4 is 35.4 Å². The number of hydrogen-bond donors (Lipinski definition) is 1. The van der Waals surface area contributed by atoms with E-state index in [0.29, 0.717) is 31.5 Å². The Morgan fingerprint density at radius 2 is 1.46 bits per heavy atom. The first-order valence-electron chi connectivity index (χ1n) is 20.9. The van der Waals surface area contributed by atoms with E-state index in [1.807, 2.05) is 0 Å². The highest BCUT2D eigenvalue weighted by Crippen LogP contribution is 2.75. The summed E-state index contributed by atoms with van der Waals surface area (Å²) < 4.78 is 29.1. The highest BCUT2D eigenvalue weighted by molar-refractivity contribution is 6.08. The summed E-state index contributed by atoms with van der Waals surface area (Å²) in [6.45, 7) is 24.3. The van der Waals surface area contributed by atoms with Crippen LogP contribution in [0, 0.1) is 50.2 Å². The summed E-state index contributed by atoms with van der Waals surface area (Å²) >= 11 is 0. The average molecular weight is 796 g/mol. The van der Waals surface area contributed by atoms with Gasteiger partial charge in [0.2, 0.25) is 5.91 Å². The van der Waals surface area contributed by atoms with Gasteiger partial charge in [0.25, 0.3) is 0 Å². The van der Waals surface area contributed by atoms with Gasteiger partial charge < -0.3 is 29.0 Å². The maximum absolute atomic E-state index is 15.3. The van der Waals surface area contributed by atoms with Crippen LogP contribution in [0.5, 0.6) is 0 Å². The number of nitrogens with one attached hydrogen (secondary N) is 1. The minimum atomic E-state index is -1.43. The number of fused-ring (bicyclic) bond motifs is 7. The third-order valence-electron chi connectivity index (χ3n) is 15.9. The monoisotopic (exact) mass is 795 g/mol. The van der Waals surface area contributed by atoms with Crippen LogP contribution >= 0.6 is 0 Å². The Bertz CT molecular complexity index is 1760. The smallest absolute Gasteiger partial charge is 0.303 e. The zero-order valence-electron chi connectivity index (χ0n) is 36.0. The molecule has 0 spiro atoms. The fourth-order valence-corrected chi connectivity index (χ4v) is 12.9. The zero-order chi connectivity index (χ0) is 42.3. The van der Waals surface area contributed by atoms with Crippen LogP contribution in [0.4, 0.5) is 0 Å². The molecule has 316 valence electrons. The second kappa shape index (κ2) is 14.6. The Morgan fingerprint density at radius 3 is 2.07 bits per heavy atom. The molecule has 0 aromatic rings. The Labute approximate surface area is 337 Å². The van der Waals surface area contributed by atoms with Gasteiger partial charge in [0, 0.05) is 50.4 Å². The van der Waals surface area contributed by atoms with E-state index < -0.39 is 76.6 Å². The van der Waals surface area contributed by atoms with Crippen molar-refractivity contribution in [1.82, 2.24) is 5.32 Å². The number of allylic oxidation sites excluding steroid dienone is 3. The van der Waals surface area contributed by atoms with Crippen LogP contribution in [0.2, 0.25) is 0 Å². The lowest BCUT2D eigenvalue weighted by Crippen LogP contribution is -2.70. The van der Waals surface area contributed by atoms with Crippen molar-refractivity contribution in [3.05, 3.63) is 24.0 Å². The van der Waals surface area contributed by atoms with Crippen LogP contribution in [-0.2, 0) is 52.5 Å². The van der Waals surface area contributed by atoms with E-state index in [9.17, 15) is 19.2 Å². The molecule has 1 N–H and O–H groups in total. The van der Waals surface area contributed by atoms with E-state index in [1.54, 1.807) is 6.92 Å². The summed E-state index contributed by atoms with van der Waals surface area (Å²) in [4.78, 5) is 80.8. The maximum atomic E-state index is 15.3. The summed E-state index contributed by atoms with van der Waals surface area (Å²) in [7, 11) is 0. The number of esters is 3. The lowest BCUT2D eigenvalue weighted by atomic mass is 9.33. The second-order valence-electron chi connectivity index (χ2n) is 20.2. The number of hydrogen-bond acceptors (Lipinski definition) is 11. The highest BCUT2D eigenvalue weighted by Gasteiger charge is 2.71. The number of rotatable bonds is 8. The van der Waals surface area contributed by atoms with E-state index in [4.69, 9.17) is 23.7 Å². The van der Waals surface area contributed by atoms with Crippen molar-refractivity contribution in [2.24, 2.45) is 50.2 Å². The average Bonchev–Trinajstić information content (AvgIpc) is 3.08. The third-order valence-corrected chi connectivity index (χ3v) is 15.9. The Balaban J connectivity index is 1.41. The molecule has 5 fully saturated rings. The minimum Gasteiger partial charge on any atom is -0.488 e. The van der Waals surface area contributed by atoms with Gasteiger partial charge >= 0.3 is 17.9 Å². The molecule has 0 unspecified atom stereocenters. The molecule has 1 saturated heterocycles. The van der Waals surface area contributed by atoms with Crippen LogP contribution in [0.1, 0.15) is 134 Å². The van der Waals surface area contributed by atoms with E-state index in [-0.39, 0.29) is 52.7 Å². The van der Waals surface area contributed by atoms with Gasteiger partial charge in [-0.1, -0.05) is 66.7 Å². The van der Waals surface area contributed by atoms with E-state index in [2.05, 4.69) is 66.4 Å². The molecule has 1 amide bonds. The lowest BCUT2D eigenvalue weighted by molar-refractivity contribution is -0.255. The quantitative estimate of drug-likeness (QED) is 0.0913. The summed E-state index contributed by atoms with van der Waals surface area (Å²) in [6, 6.07) is 0. The first-order chi connectivity index (χ1) is 26.3. The molecule has 6 rings (SSSR count). The second-order valence-corrected chi connectivity index (χ2v) is 20.2. The van der Waals surface area contributed by atoms with Gasteiger partial charge in [-0.15, -0.1) is 0 Å². The summed E-state index contributed by atoms with van der Waals surface area (Å²) in [5.41, 5.74) is -1.65. The molecule has 5 aliphatic carbocycles. The Kier molecular flexibility index (Phi) is 11.0. The Hall–Kier alpha value is -3.54. The summed E-state index contributed by atoms with van der Waals surface area (Å²) in [6.07, 6.45) is 1.88. The van der Waals surface area contributed by atoms with Crippen molar-refractivity contribution in [2.75, 3.05) is 6.61 Å². The number of carbonyl (C=O) groups excluding carboxylic acids is 6. The van der Waals surface area contributed by atoms with Gasteiger partial charge in [-0.3, -0.25) is 28.8 Å². The molecular formula is C45H65NO11. The minimum absolute atomic E-state index is 0.0741. The molecule has 12 heteroatoms. The molecule has 0 aromatic carbocycles. The fourth-order valence-electron chi connectivity index (χ4n) is 12.9. The van der Waals surface area contributed by atoms with Gasteiger partial charge in [0.15, 0.2) is 24.5 Å². The number of amides is 1. The number of ketones is 2. The predicted molar refractivity (Wildman–Crippen MR) is 209 cm³/mol. The molecule has 4 saturated carbocycles. The van der Waals surface area contributed by atoms with Crippen LogP contribution in [0.25, 0.3) is 0 Å². The Morgan fingerprint density at radius 1 is 0.807 bits per heavy atom. The van der Waals surface area contributed by atoms with Crippen molar-refractivity contribution in [3.63, 3.8) is 0 Å². The zero-order valence-corrected chi connectivity index (χ0v) is 36.0. The standard InChI is InChI=1S/C45H65NO11/c1-24(2)54-36-35(55-26(4)48)30(23-53-25(3)47)57-38(37(36)56-27(5)49)46-39(52)45-20-19-40(6,7)21-29(45)28-13-14-32-42(10)17-16-33(50)41(8,9)31(42)15-18-43(32,11)44(28,12)22-34(45)51/h13,29-32,35-38H,1,14-23H2,2-12H3,(H,46,52)/t29-,30+,31-,32+,35-,36-,37+,38+,42-,43+,44+,45+/m0/s1. The SMILES string of the molecule is C=C(C)O[C@@H]1[C@@H](OC(C)=O)[C@H](NC(=O)[C@]23CCC(C)(C)C[C@H]2C2=CC[C@@H]4[C@@]5(C)CCC(=O)C(C)(C)[C@@H]5CC[C@@]4(C)[C@]2(C)CC3=O)O[C@H](COC(C)=O)[C@@H]1OC(C)=O. The largest absolute Gasteiger partial charge is 0.488 e. The molecule has 1 heterocycles. The van der Waals surface area contributed by atoms with E-state index in [1.165, 1.54) is 26.3 Å². The third kappa shape index (κ3) is 6.97. The first-order valence-corrected chi connectivity index (χ1v) is 20.9.